The summed E-state index contributed by atoms with van der Waals surface area (Å²) in [5.74, 6) is -0.245. The number of nitrogens with one attached hydrogen (secondary N) is 1. The summed E-state index contributed by atoms with van der Waals surface area (Å²) in [6.07, 6.45) is 0. The fraction of sp³-hybridized carbons (Fsp3) is 0.111. The Labute approximate surface area is 173 Å². The molecule has 1 aromatic heterocycles. The molecule has 0 aliphatic heterocycles. The molecule has 0 unspecified atom stereocenters. The second kappa shape index (κ2) is 8.97. The first kappa shape index (κ1) is 20.0. The number of nitriles is 1. The van der Waals surface area contributed by atoms with Crippen LogP contribution in [-0.4, -0.2) is 27.9 Å². The predicted octanol–water partition coefficient (Wildman–Crippen LogP) is 3.47. The topological polar surface area (TPSA) is 97.0 Å². The summed E-state index contributed by atoms with van der Waals surface area (Å²) in [7, 11) is 0. The van der Waals surface area contributed by atoms with Crippen LogP contribution < -0.4 is 15.7 Å². The maximum Gasteiger partial charge on any atom is 0.281 e. The predicted molar refractivity (Wildman–Crippen MR) is 109 cm³/mol. The van der Waals surface area contributed by atoms with Gasteiger partial charge in [-0.1, -0.05) is 47.1 Å². The van der Waals surface area contributed by atoms with Crippen molar-refractivity contribution in [1.82, 2.24) is 9.66 Å². The van der Waals surface area contributed by atoms with E-state index in [0.717, 1.165) is 16.4 Å². The minimum atomic E-state index is -0.594. The number of nitrogens with zero attached hydrogens (tertiary/aromatic N) is 3. The number of para-hydroxylation sites is 1. The van der Waals surface area contributed by atoms with Crippen LogP contribution in [0.2, 0.25) is 10.0 Å². The molecule has 0 aliphatic carbocycles. The minimum Gasteiger partial charge on any atom is -0.482 e. The first-order chi connectivity index (χ1) is 13.5. The van der Waals surface area contributed by atoms with Gasteiger partial charge in [0.15, 0.2) is 11.8 Å². The molecule has 0 radical (unpaired) electrons. The maximum atomic E-state index is 12.7. The Morgan fingerprint density at radius 1 is 1.29 bits per heavy atom. The van der Waals surface area contributed by atoms with E-state index in [0.29, 0.717) is 15.9 Å². The monoisotopic (exact) mass is 434 g/mol. The number of ether oxygens (including phenoxy) is 1. The summed E-state index contributed by atoms with van der Waals surface area (Å²) in [5.41, 5.74) is 2.48. The van der Waals surface area contributed by atoms with Gasteiger partial charge in [0.25, 0.3) is 11.5 Å². The highest BCUT2D eigenvalue weighted by atomic mass is 35.5. The average molecular weight is 435 g/mol. The van der Waals surface area contributed by atoms with Gasteiger partial charge in [0, 0.05) is 5.02 Å². The van der Waals surface area contributed by atoms with Gasteiger partial charge in [-0.15, -0.1) is 0 Å². The number of rotatable bonds is 6. The third kappa shape index (κ3) is 4.57. The molecule has 1 N–H and O–H groups in total. The van der Waals surface area contributed by atoms with Gasteiger partial charge < -0.3 is 4.74 Å². The summed E-state index contributed by atoms with van der Waals surface area (Å²) in [6.45, 7) is -0.386. The first-order valence-corrected chi connectivity index (χ1v) is 9.63. The summed E-state index contributed by atoms with van der Waals surface area (Å²) in [6, 6.07) is 13.3. The Balaban J connectivity index is 1.83. The molecule has 1 amide bonds. The molecule has 0 spiro atoms. The molecule has 3 rings (SSSR count). The number of amides is 1. The van der Waals surface area contributed by atoms with Crippen molar-refractivity contribution < 1.29 is 9.53 Å². The standard InChI is InChI=1S/C18H12Cl2N4O3S/c19-11-5-6-15(13(20)9-11)27-10-16(25)23-24-17(26)12-3-1-2-4-14(12)22-18(24)28-8-7-21/h1-6,9H,8,10H2,(H,23,25). The lowest BCUT2D eigenvalue weighted by molar-refractivity contribution is -0.119. The fourth-order valence-corrected chi connectivity index (χ4v) is 3.37. The number of carbonyl (C=O) groups excluding carboxylic acids is 1. The molecule has 3 aromatic rings. The van der Waals surface area contributed by atoms with Gasteiger partial charge in [0.1, 0.15) is 5.75 Å². The largest absolute Gasteiger partial charge is 0.482 e. The number of benzene rings is 2. The normalized spacial score (nSPS) is 10.5. The molecule has 2 aromatic carbocycles. The number of halogens is 2. The van der Waals surface area contributed by atoms with E-state index in [2.05, 4.69) is 10.4 Å². The lowest BCUT2D eigenvalue weighted by Crippen LogP contribution is -2.37. The molecular formula is C18H12Cl2N4O3S. The summed E-state index contributed by atoms with van der Waals surface area (Å²) >= 11 is 12.9. The van der Waals surface area contributed by atoms with Crippen molar-refractivity contribution in [3.05, 3.63) is 62.9 Å². The molecule has 1 heterocycles. The van der Waals surface area contributed by atoms with Crippen molar-refractivity contribution in [2.75, 3.05) is 17.8 Å². The highest BCUT2D eigenvalue weighted by Crippen LogP contribution is 2.27. The molecule has 7 nitrogen and oxygen atoms in total. The Morgan fingerprint density at radius 2 is 2.07 bits per heavy atom. The van der Waals surface area contributed by atoms with Crippen LogP contribution in [0.15, 0.2) is 52.4 Å². The van der Waals surface area contributed by atoms with Crippen LogP contribution in [0.3, 0.4) is 0 Å². The van der Waals surface area contributed by atoms with E-state index in [-0.39, 0.29) is 28.3 Å². The number of carbonyl (C=O) groups is 1. The van der Waals surface area contributed by atoms with Crippen molar-refractivity contribution in [2.24, 2.45) is 0 Å². The fourth-order valence-electron chi connectivity index (χ4n) is 2.30. The number of thioether (sulfide) groups is 1. The molecule has 0 saturated heterocycles. The number of hydrogen-bond donors (Lipinski definition) is 1. The molecule has 0 aliphatic rings. The van der Waals surface area contributed by atoms with Gasteiger partial charge in [-0.05, 0) is 30.3 Å². The van der Waals surface area contributed by atoms with E-state index in [4.69, 9.17) is 33.2 Å². The Bertz CT molecular complexity index is 1140. The number of aromatic nitrogens is 2. The third-order valence-corrected chi connectivity index (χ3v) is 4.84. The summed E-state index contributed by atoms with van der Waals surface area (Å²) in [5, 5.41) is 10.1. The van der Waals surface area contributed by atoms with E-state index in [9.17, 15) is 9.59 Å². The van der Waals surface area contributed by atoms with Crippen LogP contribution in [0, 0.1) is 11.3 Å². The molecule has 142 valence electrons. The van der Waals surface area contributed by atoms with Gasteiger partial charge in [-0.25, -0.2) is 4.98 Å². The van der Waals surface area contributed by atoms with E-state index in [1.54, 1.807) is 30.3 Å². The lowest BCUT2D eigenvalue weighted by atomic mass is 10.2. The summed E-state index contributed by atoms with van der Waals surface area (Å²) in [4.78, 5) is 29.4. The van der Waals surface area contributed by atoms with Crippen LogP contribution in [0.25, 0.3) is 10.9 Å². The van der Waals surface area contributed by atoms with Crippen molar-refractivity contribution in [1.29, 1.82) is 5.26 Å². The second-order valence-electron chi connectivity index (χ2n) is 5.40. The molecule has 0 bridgehead atoms. The van der Waals surface area contributed by atoms with Crippen LogP contribution in [0.5, 0.6) is 5.75 Å². The van der Waals surface area contributed by atoms with Gasteiger partial charge in [0.05, 0.1) is 27.7 Å². The molecule has 28 heavy (non-hydrogen) atoms. The van der Waals surface area contributed by atoms with E-state index >= 15 is 0 Å². The van der Waals surface area contributed by atoms with Crippen LogP contribution in [0.4, 0.5) is 0 Å². The number of hydrogen-bond acceptors (Lipinski definition) is 6. The zero-order valence-corrected chi connectivity index (χ0v) is 16.5. The zero-order chi connectivity index (χ0) is 20.1. The molecule has 0 saturated carbocycles. The van der Waals surface area contributed by atoms with Crippen LogP contribution in [-0.2, 0) is 4.79 Å². The van der Waals surface area contributed by atoms with Crippen LogP contribution in [0.1, 0.15) is 0 Å². The minimum absolute atomic E-state index is 0.0670. The smallest absolute Gasteiger partial charge is 0.281 e. The lowest BCUT2D eigenvalue weighted by Gasteiger charge is -2.14. The Morgan fingerprint density at radius 3 is 2.82 bits per heavy atom. The van der Waals surface area contributed by atoms with Gasteiger partial charge >= 0.3 is 0 Å². The first-order valence-electron chi connectivity index (χ1n) is 7.89. The SMILES string of the molecule is N#CCSc1nc2ccccc2c(=O)n1NC(=O)COc1ccc(Cl)cc1Cl. The average Bonchev–Trinajstić information content (AvgIpc) is 2.68. The quantitative estimate of drug-likeness (QED) is 0.471. The van der Waals surface area contributed by atoms with E-state index < -0.39 is 11.5 Å². The highest BCUT2D eigenvalue weighted by Gasteiger charge is 2.14. The van der Waals surface area contributed by atoms with E-state index in [1.807, 2.05) is 6.07 Å². The van der Waals surface area contributed by atoms with Crippen molar-refractivity contribution in [2.45, 2.75) is 5.16 Å². The highest BCUT2D eigenvalue weighted by molar-refractivity contribution is 7.99. The second-order valence-corrected chi connectivity index (χ2v) is 7.18. The van der Waals surface area contributed by atoms with Crippen LogP contribution >= 0.6 is 35.0 Å². The maximum absolute atomic E-state index is 12.7. The zero-order valence-electron chi connectivity index (χ0n) is 14.2. The molecule has 0 atom stereocenters. The molecular weight excluding hydrogens is 423 g/mol. The van der Waals surface area contributed by atoms with Crippen molar-refractivity contribution in [3.63, 3.8) is 0 Å². The summed E-state index contributed by atoms with van der Waals surface area (Å²) < 4.78 is 6.39. The van der Waals surface area contributed by atoms with Crippen molar-refractivity contribution in [3.8, 4) is 11.8 Å². The van der Waals surface area contributed by atoms with Gasteiger partial charge in [-0.3, -0.25) is 15.0 Å². The van der Waals surface area contributed by atoms with Gasteiger partial charge in [-0.2, -0.15) is 9.94 Å². The Hall–Kier alpha value is -2.73. The number of fused-ring (bicyclic) bond motifs is 1. The Kier molecular flexibility index (Phi) is 6.41. The third-order valence-electron chi connectivity index (χ3n) is 3.50. The molecule has 10 heteroatoms. The van der Waals surface area contributed by atoms with Gasteiger partial charge in [0.2, 0.25) is 0 Å². The van der Waals surface area contributed by atoms with E-state index in [1.165, 1.54) is 12.1 Å². The van der Waals surface area contributed by atoms with Crippen molar-refractivity contribution >= 4 is 51.8 Å². The molecule has 0 fully saturated rings.